The van der Waals surface area contributed by atoms with E-state index >= 15 is 0 Å². The van der Waals surface area contributed by atoms with Gasteiger partial charge in [-0.05, 0) is 70.8 Å². The number of phenols is 1. The molecule has 0 unspecified atom stereocenters. The van der Waals surface area contributed by atoms with Crippen molar-refractivity contribution in [2.24, 2.45) is 0 Å². The first kappa shape index (κ1) is 18.3. The van der Waals surface area contributed by atoms with Crippen molar-refractivity contribution < 1.29 is 9.90 Å². The summed E-state index contributed by atoms with van der Waals surface area (Å²) in [6, 6.07) is 10.5. The smallest absolute Gasteiger partial charge is 0.193 e. The Morgan fingerprint density at radius 2 is 1.21 bits per heavy atom. The summed E-state index contributed by atoms with van der Waals surface area (Å²) in [6.45, 7) is 15.2. The SMILES string of the molecule is Cc1c(C(C)(C)C)cc(C(=O)c2ccc(O)cc2)cc1C(C)(C)C. The van der Waals surface area contributed by atoms with E-state index in [0.717, 1.165) is 0 Å². The zero-order chi connectivity index (χ0) is 18.3. The molecule has 0 fully saturated rings. The van der Waals surface area contributed by atoms with Crippen LogP contribution in [0.2, 0.25) is 0 Å². The van der Waals surface area contributed by atoms with E-state index in [4.69, 9.17) is 0 Å². The van der Waals surface area contributed by atoms with Gasteiger partial charge in [-0.15, -0.1) is 0 Å². The van der Waals surface area contributed by atoms with Crippen LogP contribution in [0, 0.1) is 6.92 Å². The molecule has 0 aliphatic carbocycles. The minimum absolute atomic E-state index is 0.00833. The minimum Gasteiger partial charge on any atom is -0.508 e. The van der Waals surface area contributed by atoms with Gasteiger partial charge in [0.1, 0.15) is 5.75 Å². The molecule has 2 nitrogen and oxygen atoms in total. The van der Waals surface area contributed by atoms with Crippen LogP contribution < -0.4 is 0 Å². The van der Waals surface area contributed by atoms with Gasteiger partial charge in [0.15, 0.2) is 5.78 Å². The number of carbonyl (C=O) groups is 1. The van der Waals surface area contributed by atoms with Gasteiger partial charge in [-0.1, -0.05) is 41.5 Å². The summed E-state index contributed by atoms with van der Waals surface area (Å²) in [5.74, 6) is 0.159. The number of aromatic hydroxyl groups is 1. The van der Waals surface area contributed by atoms with Gasteiger partial charge in [-0.2, -0.15) is 0 Å². The van der Waals surface area contributed by atoms with E-state index in [1.54, 1.807) is 24.3 Å². The first-order valence-electron chi connectivity index (χ1n) is 8.40. The van der Waals surface area contributed by atoms with Gasteiger partial charge in [-0.25, -0.2) is 0 Å². The molecule has 0 saturated heterocycles. The fourth-order valence-corrected chi connectivity index (χ4v) is 3.18. The molecule has 1 N–H and O–H groups in total. The number of phenolic OH excluding ortho intramolecular Hbond substituents is 1. The lowest BCUT2D eigenvalue weighted by molar-refractivity contribution is 0.103. The van der Waals surface area contributed by atoms with Crippen molar-refractivity contribution >= 4 is 5.78 Å². The molecule has 0 spiro atoms. The summed E-state index contributed by atoms with van der Waals surface area (Å²) in [5.41, 5.74) is 4.91. The van der Waals surface area contributed by atoms with Crippen molar-refractivity contribution in [2.75, 3.05) is 0 Å². The molecule has 0 atom stereocenters. The van der Waals surface area contributed by atoms with Crippen molar-refractivity contribution in [1.82, 2.24) is 0 Å². The lowest BCUT2D eigenvalue weighted by Gasteiger charge is -2.29. The van der Waals surface area contributed by atoms with E-state index < -0.39 is 0 Å². The number of carbonyl (C=O) groups excluding carboxylic acids is 1. The molecule has 0 bridgehead atoms. The van der Waals surface area contributed by atoms with Crippen LogP contribution in [-0.2, 0) is 10.8 Å². The molecule has 0 aliphatic rings. The number of hydrogen-bond acceptors (Lipinski definition) is 2. The van der Waals surface area contributed by atoms with E-state index in [-0.39, 0.29) is 22.4 Å². The van der Waals surface area contributed by atoms with Gasteiger partial charge in [0.2, 0.25) is 0 Å². The highest BCUT2D eigenvalue weighted by Crippen LogP contribution is 2.35. The quantitative estimate of drug-likeness (QED) is 0.738. The largest absolute Gasteiger partial charge is 0.508 e. The van der Waals surface area contributed by atoms with Crippen LogP contribution >= 0.6 is 0 Å². The molecule has 0 aliphatic heterocycles. The van der Waals surface area contributed by atoms with Crippen molar-refractivity contribution in [1.29, 1.82) is 0 Å². The van der Waals surface area contributed by atoms with E-state index in [1.807, 2.05) is 12.1 Å². The maximum atomic E-state index is 12.9. The van der Waals surface area contributed by atoms with Gasteiger partial charge >= 0.3 is 0 Å². The fraction of sp³-hybridized carbons (Fsp3) is 0.409. The topological polar surface area (TPSA) is 37.3 Å². The summed E-state index contributed by atoms with van der Waals surface area (Å²) in [6.07, 6.45) is 0. The van der Waals surface area contributed by atoms with Gasteiger partial charge in [0, 0.05) is 11.1 Å². The number of rotatable bonds is 2. The molecule has 2 rings (SSSR count). The summed E-state index contributed by atoms with van der Waals surface area (Å²) in [7, 11) is 0. The van der Waals surface area contributed by atoms with Crippen molar-refractivity contribution in [2.45, 2.75) is 59.3 Å². The summed E-state index contributed by atoms with van der Waals surface area (Å²) >= 11 is 0. The van der Waals surface area contributed by atoms with Crippen LogP contribution in [0.15, 0.2) is 36.4 Å². The predicted octanol–water partition coefficient (Wildman–Crippen LogP) is 5.53. The van der Waals surface area contributed by atoms with Crippen molar-refractivity contribution in [3.63, 3.8) is 0 Å². The molecule has 0 amide bonds. The maximum Gasteiger partial charge on any atom is 0.193 e. The Morgan fingerprint density at radius 1 is 0.792 bits per heavy atom. The van der Waals surface area contributed by atoms with Crippen molar-refractivity contribution in [3.8, 4) is 5.75 Å². The monoisotopic (exact) mass is 324 g/mol. The van der Waals surface area contributed by atoms with Crippen LogP contribution in [0.4, 0.5) is 0 Å². The van der Waals surface area contributed by atoms with Crippen LogP contribution in [-0.4, -0.2) is 10.9 Å². The molecule has 0 radical (unpaired) electrons. The van der Waals surface area contributed by atoms with E-state index in [9.17, 15) is 9.90 Å². The molecule has 24 heavy (non-hydrogen) atoms. The second-order valence-electron chi connectivity index (χ2n) is 8.57. The maximum absolute atomic E-state index is 12.9. The van der Waals surface area contributed by atoms with Crippen LogP contribution in [0.25, 0.3) is 0 Å². The van der Waals surface area contributed by atoms with Gasteiger partial charge in [0.25, 0.3) is 0 Å². The lowest BCUT2D eigenvalue weighted by atomic mass is 9.75. The number of benzene rings is 2. The highest BCUT2D eigenvalue weighted by molar-refractivity contribution is 6.09. The molecule has 2 aromatic rings. The highest BCUT2D eigenvalue weighted by atomic mass is 16.3. The molecular weight excluding hydrogens is 296 g/mol. The Kier molecular flexibility index (Phi) is 4.63. The third-order valence-electron chi connectivity index (χ3n) is 4.42. The van der Waals surface area contributed by atoms with E-state index in [0.29, 0.717) is 11.1 Å². The Hall–Kier alpha value is -2.09. The minimum atomic E-state index is -0.0324. The third kappa shape index (κ3) is 3.69. The average Bonchev–Trinajstić information content (AvgIpc) is 2.45. The lowest BCUT2D eigenvalue weighted by Crippen LogP contribution is -2.21. The fourth-order valence-electron chi connectivity index (χ4n) is 3.18. The Labute approximate surface area is 145 Å². The zero-order valence-electron chi connectivity index (χ0n) is 15.8. The van der Waals surface area contributed by atoms with Crippen LogP contribution in [0.1, 0.15) is 74.2 Å². The summed E-state index contributed by atoms with van der Waals surface area (Å²) in [4.78, 5) is 12.9. The van der Waals surface area contributed by atoms with E-state index in [1.165, 1.54) is 16.7 Å². The Balaban J connectivity index is 2.66. The first-order valence-corrected chi connectivity index (χ1v) is 8.40. The molecule has 0 saturated carbocycles. The van der Waals surface area contributed by atoms with Crippen molar-refractivity contribution in [3.05, 3.63) is 64.2 Å². The normalized spacial score (nSPS) is 12.3. The van der Waals surface area contributed by atoms with Gasteiger partial charge < -0.3 is 5.11 Å². The number of ketones is 1. The average molecular weight is 324 g/mol. The molecule has 0 heterocycles. The van der Waals surface area contributed by atoms with Gasteiger partial charge in [-0.3, -0.25) is 4.79 Å². The summed E-state index contributed by atoms with van der Waals surface area (Å²) in [5, 5.41) is 9.44. The standard InChI is InChI=1S/C22H28O2/c1-14-18(21(2,3)4)12-16(13-19(14)22(5,6)7)20(24)15-8-10-17(23)11-9-15/h8-13,23H,1-7H3. The van der Waals surface area contributed by atoms with E-state index in [2.05, 4.69) is 48.5 Å². The summed E-state index contributed by atoms with van der Waals surface area (Å²) < 4.78 is 0. The Morgan fingerprint density at radius 3 is 1.58 bits per heavy atom. The molecule has 2 aromatic carbocycles. The predicted molar refractivity (Wildman–Crippen MR) is 100 cm³/mol. The molecule has 128 valence electrons. The van der Waals surface area contributed by atoms with Gasteiger partial charge in [0.05, 0.1) is 0 Å². The molecule has 2 heteroatoms. The third-order valence-corrected chi connectivity index (χ3v) is 4.42. The van der Waals surface area contributed by atoms with Crippen LogP contribution in [0.3, 0.4) is 0 Å². The molecule has 0 aromatic heterocycles. The zero-order valence-corrected chi connectivity index (χ0v) is 15.8. The Bertz CT molecular complexity index is 719. The first-order chi connectivity index (χ1) is 10.9. The second-order valence-corrected chi connectivity index (χ2v) is 8.57. The second kappa shape index (κ2) is 6.08. The van der Waals surface area contributed by atoms with Crippen LogP contribution in [0.5, 0.6) is 5.75 Å². The number of hydrogen-bond donors (Lipinski definition) is 1. The molecular formula is C22H28O2. The highest BCUT2D eigenvalue weighted by Gasteiger charge is 2.26.